The second-order valence-corrected chi connectivity index (χ2v) is 3.60. The van der Waals surface area contributed by atoms with Crippen molar-refractivity contribution in [3.8, 4) is 0 Å². The Balaban J connectivity index is 2.02. The largest absolute Gasteiger partial charge is 0.364 e. The van der Waals surface area contributed by atoms with Gasteiger partial charge in [-0.1, -0.05) is 12.1 Å². The fraction of sp³-hybridized carbons (Fsp3) is 0.167. The van der Waals surface area contributed by atoms with Gasteiger partial charge in [0.2, 0.25) is 0 Å². The standard InChI is InChI=1S/C12H12FN3/c1-9-5-12(16-15-7-9)14-8-10-3-2-4-11(13)6-10/h2-7H,8H2,1H3,(H,14,16). The van der Waals surface area contributed by atoms with Crippen LogP contribution in [-0.2, 0) is 6.54 Å². The van der Waals surface area contributed by atoms with Gasteiger partial charge in [0.25, 0.3) is 0 Å². The van der Waals surface area contributed by atoms with Gasteiger partial charge in [0.15, 0.2) is 0 Å². The summed E-state index contributed by atoms with van der Waals surface area (Å²) in [5.74, 6) is 0.471. The molecule has 4 heteroatoms. The molecule has 0 radical (unpaired) electrons. The molecule has 1 N–H and O–H groups in total. The normalized spacial score (nSPS) is 10.1. The van der Waals surface area contributed by atoms with Gasteiger partial charge < -0.3 is 5.32 Å². The minimum Gasteiger partial charge on any atom is -0.364 e. The number of benzene rings is 1. The third kappa shape index (κ3) is 2.76. The number of rotatable bonds is 3. The number of aryl methyl sites for hydroxylation is 1. The lowest BCUT2D eigenvalue weighted by molar-refractivity contribution is 0.626. The van der Waals surface area contributed by atoms with E-state index in [0.717, 1.165) is 11.1 Å². The summed E-state index contributed by atoms with van der Waals surface area (Å²) in [7, 11) is 0. The Morgan fingerprint density at radius 3 is 2.94 bits per heavy atom. The quantitative estimate of drug-likeness (QED) is 0.858. The van der Waals surface area contributed by atoms with Crippen LogP contribution < -0.4 is 5.32 Å². The molecule has 0 fully saturated rings. The van der Waals surface area contributed by atoms with E-state index in [-0.39, 0.29) is 5.82 Å². The van der Waals surface area contributed by atoms with Crippen molar-refractivity contribution in [2.75, 3.05) is 5.32 Å². The molecule has 0 saturated heterocycles. The van der Waals surface area contributed by atoms with Crippen LogP contribution in [0.15, 0.2) is 36.5 Å². The molecule has 2 aromatic rings. The van der Waals surface area contributed by atoms with E-state index in [9.17, 15) is 4.39 Å². The minimum atomic E-state index is -0.227. The average Bonchev–Trinajstić information content (AvgIpc) is 2.27. The minimum absolute atomic E-state index is 0.227. The third-order valence-corrected chi connectivity index (χ3v) is 2.15. The summed E-state index contributed by atoms with van der Waals surface area (Å²) >= 11 is 0. The highest BCUT2D eigenvalue weighted by Gasteiger charge is 1.97. The number of nitrogens with one attached hydrogen (secondary N) is 1. The number of nitrogens with zero attached hydrogens (tertiary/aromatic N) is 2. The first kappa shape index (κ1) is 10.5. The summed E-state index contributed by atoms with van der Waals surface area (Å²) in [6.45, 7) is 2.48. The van der Waals surface area contributed by atoms with Crippen molar-refractivity contribution >= 4 is 5.82 Å². The van der Waals surface area contributed by atoms with Gasteiger partial charge in [-0.05, 0) is 36.2 Å². The zero-order valence-corrected chi connectivity index (χ0v) is 8.94. The second-order valence-electron chi connectivity index (χ2n) is 3.60. The van der Waals surface area contributed by atoms with Crippen LogP contribution in [0.25, 0.3) is 0 Å². The molecule has 82 valence electrons. The van der Waals surface area contributed by atoms with Crippen molar-refractivity contribution in [1.29, 1.82) is 0 Å². The Morgan fingerprint density at radius 1 is 1.31 bits per heavy atom. The molecule has 1 aromatic heterocycles. The zero-order chi connectivity index (χ0) is 11.4. The van der Waals surface area contributed by atoms with E-state index in [2.05, 4.69) is 15.5 Å². The van der Waals surface area contributed by atoms with E-state index >= 15 is 0 Å². The number of halogens is 1. The first-order valence-electron chi connectivity index (χ1n) is 5.02. The van der Waals surface area contributed by atoms with Gasteiger partial charge in [-0.3, -0.25) is 0 Å². The van der Waals surface area contributed by atoms with E-state index in [0.29, 0.717) is 12.4 Å². The van der Waals surface area contributed by atoms with Crippen molar-refractivity contribution in [3.63, 3.8) is 0 Å². The van der Waals surface area contributed by atoms with Gasteiger partial charge in [-0.25, -0.2) is 4.39 Å². The monoisotopic (exact) mass is 217 g/mol. The zero-order valence-electron chi connectivity index (χ0n) is 8.94. The molecule has 0 aliphatic heterocycles. The topological polar surface area (TPSA) is 37.8 Å². The molecule has 0 aliphatic rings. The highest BCUT2D eigenvalue weighted by atomic mass is 19.1. The van der Waals surface area contributed by atoms with E-state index < -0.39 is 0 Å². The van der Waals surface area contributed by atoms with Crippen LogP contribution in [0.2, 0.25) is 0 Å². The highest BCUT2D eigenvalue weighted by molar-refractivity contribution is 5.36. The van der Waals surface area contributed by atoms with Crippen molar-refractivity contribution < 1.29 is 4.39 Å². The highest BCUT2D eigenvalue weighted by Crippen LogP contribution is 2.08. The Morgan fingerprint density at radius 2 is 2.19 bits per heavy atom. The predicted octanol–water partition coefficient (Wildman–Crippen LogP) is 2.54. The molecule has 3 nitrogen and oxygen atoms in total. The smallest absolute Gasteiger partial charge is 0.149 e. The molecule has 16 heavy (non-hydrogen) atoms. The van der Waals surface area contributed by atoms with E-state index in [1.165, 1.54) is 12.1 Å². The van der Waals surface area contributed by atoms with Crippen LogP contribution in [-0.4, -0.2) is 10.2 Å². The Bertz CT molecular complexity index is 440. The summed E-state index contributed by atoms with van der Waals surface area (Å²) in [5, 5.41) is 10.8. The Kier molecular flexibility index (Phi) is 3.10. The summed E-state index contributed by atoms with van der Waals surface area (Å²) in [5.41, 5.74) is 1.92. The lowest BCUT2D eigenvalue weighted by Gasteiger charge is -2.05. The number of hydrogen-bond acceptors (Lipinski definition) is 3. The number of anilines is 1. The van der Waals surface area contributed by atoms with Gasteiger partial charge in [-0.2, -0.15) is 5.10 Å². The molecular weight excluding hydrogens is 205 g/mol. The van der Waals surface area contributed by atoms with E-state index in [1.54, 1.807) is 12.3 Å². The van der Waals surface area contributed by atoms with Gasteiger partial charge in [0.1, 0.15) is 11.6 Å². The molecule has 0 atom stereocenters. The summed E-state index contributed by atoms with van der Waals surface area (Å²) in [4.78, 5) is 0. The molecule has 0 unspecified atom stereocenters. The van der Waals surface area contributed by atoms with Crippen molar-refractivity contribution in [2.24, 2.45) is 0 Å². The lowest BCUT2D eigenvalue weighted by atomic mass is 10.2. The second kappa shape index (κ2) is 4.70. The first-order chi connectivity index (χ1) is 7.74. The van der Waals surface area contributed by atoms with Crippen molar-refractivity contribution in [3.05, 3.63) is 53.5 Å². The van der Waals surface area contributed by atoms with E-state index in [4.69, 9.17) is 0 Å². The predicted molar refractivity (Wildman–Crippen MR) is 60.5 cm³/mol. The van der Waals surface area contributed by atoms with Gasteiger partial charge in [0.05, 0.1) is 6.20 Å². The molecule has 0 saturated carbocycles. The van der Waals surface area contributed by atoms with Crippen LogP contribution in [0.4, 0.5) is 10.2 Å². The molecule has 0 bridgehead atoms. The maximum Gasteiger partial charge on any atom is 0.149 e. The van der Waals surface area contributed by atoms with Crippen LogP contribution in [0.5, 0.6) is 0 Å². The third-order valence-electron chi connectivity index (χ3n) is 2.15. The molecule has 1 aromatic carbocycles. The summed E-state index contributed by atoms with van der Waals surface area (Å²) in [6.07, 6.45) is 1.69. The molecule has 0 aliphatic carbocycles. The van der Waals surface area contributed by atoms with Crippen LogP contribution in [0, 0.1) is 12.7 Å². The van der Waals surface area contributed by atoms with Gasteiger partial charge in [-0.15, -0.1) is 5.10 Å². The summed E-state index contributed by atoms with van der Waals surface area (Å²) in [6, 6.07) is 8.37. The Hall–Kier alpha value is -1.97. The molecule has 1 heterocycles. The van der Waals surface area contributed by atoms with Crippen LogP contribution in [0.3, 0.4) is 0 Å². The maximum atomic E-state index is 12.9. The molecular formula is C12H12FN3. The first-order valence-corrected chi connectivity index (χ1v) is 5.02. The number of aromatic nitrogens is 2. The fourth-order valence-corrected chi connectivity index (χ4v) is 1.39. The van der Waals surface area contributed by atoms with Gasteiger partial charge >= 0.3 is 0 Å². The molecule has 0 spiro atoms. The van der Waals surface area contributed by atoms with Crippen molar-refractivity contribution in [1.82, 2.24) is 10.2 Å². The summed E-state index contributed by atoms with van der Waals surface area (Å²) < 4.78 is 12.9. The molecule has 2 rings (SSSR count). The van der Waals surface area contributed by atoms with E-state index in [1.807, 2.05) is 19.1 Å². The lowest BCUT2D eigenvalue weighted by Crippen LogP contribution is -2.02. The Labute approximate surface area is 93.3 Å². The fourth-order valence-electron chi connectivity index (χ4n) is 1.39. The maximum absolute atomic E-state index is 12.9. The number of hydrogen-bond donors (Lipinski definition) is 1. The van der Waals surface area contributed by atoms with Crippen LogP contribution in [0.1, 0.15) is 11.1 Å². The van der Waals surface area contributed by atoms with Crippen molar-refractivity contribution in [2.45, 2.75) is 13.5 Å². The van der Waals surface area contributed by atoms with Gasteiger partial charge in [0, 0.05) is 6.54 Å². The van der Waals surface area contributed by atoms with Crippen LogP contribution >= 0.6 is 0 Å². The average molecular weight is 217 g/mol. The SMILES string of the molecule is Cc1cnnc(NCc2cccc(F)c2)c1. The molecule has 0 amide bonds.